The van der Waals surface area contributed by atoms with Crippen molar-refractivity contribution in [2.45, 2.75) is 84.3 Å². The molecule has 0 radical (unpaired) electrons. The highest BCUT2D eigenvalue weighted by Gasteiger charge is 2.28. The third-order valence-electron chi connectivity index (χ3n) is 3.83. The molecule has 108 valence electrons. The van der Waals surface area contributed by atoms with Gasteiger partial charge in [-0.25, -0.2) is 0 Å². The Morgan fingerprint density at radius 3 is 2.50 bits per heavy atom. The maximum absolute atomic E-state index is 5.90. The molecule has 2 atom stereocenters. The smallest absolute Gasteiger partial charge is 0.0616 e. The van der Waals surface area contributed by atoms with E-state index in [-0.39, 0.29) is 5.54 Å². The zero-order chi connectivity index (χ0) is 13.4. The number of ether oxygens (including phenoxy) is 1. The summed E-state index contributed by atoms with van der Waals surface area (Å²) in [5.74, 6) is 0.732. The molecule has 1 heterocycles. The molecule has 1 saturated heterocycles. The van der Waals surface area contributed by atoms with E-state index in [0.717, 1.165) is 19.1 Å². The van der Waals surface area contributed by atoms with Gasteiger partial charge in [0.25, 0.3) is 0 Å². The maximum Gasteiger partial charge on any atom is 0.0616 e. The van der Waals surface area contributed by atoms with E-state index in [9.17, 15) is 0 Å². The first-order valence-corrected chi connectivity index (χ1v) is 7.89. The van der Waals surface area contributed by atoms with E-state index in [1.54, 1.807) is 0 Å². The van der Waals surface area contributed by atoms with Crippen molar-refractivity contribution in [3.05, 3.63) is 0 Å². The standard InChI is InChI=1S/C16H33NO/c1-5-6-7-8-9-10-15-14(11-12-18-15)13-17-16(2,3)4/h14-15,17H,5-13H2,1-4H3. The van der Waals surface area contributed by atoms with Gasteiger partial charge < -0.3 is 10.1 Å². The lowest BCUT2D eigenvalue weighted by Crippen LogP contribution is -2.40. The Bertz CT molecular complexity index is 210. The van der Waals surface area contributed by atoms with E-state index in [1.165, 1.54) is 44.9 Å². The minimum absolute atomic E-state index is 0.230. The van der Waals surface area contributed by atoms with Crippen LogP contribution in [0.5, 0.6) is 0 Å². The Hall–Kier alpha value is -0.0800. The summed E-state index contributed by atoms with van der Waals surface area (Å²) in [6, 6.07) is 0. The van der Waals surface area contributed by atoms with Crippen LogP contribution in [0.3, 0.4) is 0 Å². The lowest BCUT2D eigenvalue weighted by Gasteiger charge is -2.25. The SMILES string of the molecule is CCCCCCCC1OCCC1CNC(C)(C)C. The normalized spacial score (nSPS) is 24.7. The van der Waals surface area contributed by atoms with Crippen LogP contribution in [-0.2, 0) is 4.74 Å². The predicted octanol–water partition coefficient (Wildman–Crippen LogP) is 4.14. The van der Waals surface area contributed by atoms with Crippen LogP contribution >= 0.6 is 0 Å². The molecule has 1 rings (SSSR count). The fourth-order valence-corrected chi connectivity index (χ4v) is 2.63. The first kappa shape index (κ1) is 16.0. The summed E-state index contributed by atoms with van der Waals surface area (Å²) in [6.07, 6.45) is 9.86. The molecule has 2 unspecified atom stereocenters. The van der Waals surface area contributed by atoms with Gasteiger partial charge in [-0.2, -0.15) is 0 Å². The van der Waals surface area contributed by atoms with Gasteiger partial charge in [-0.15, -0.1) is 0 Å². The molecule has 0 aromatic carbocycles. The lowest BCUT2D eigenvalue weighted by atomic mass is 9.95. The summed E-state index contributed by atoms with van der Waals surface area (Å²) in [7, 11) is 0. The highest BCUT2D eigenvalue weighted by molar-refractivity contribution is 4.81. The largest absolute Gasteiger partial charge is 0.378 e. The molecule has 1 aliphatic rings. The van der Waals surface area contributed by atoms with Crippen LogP contribution in [0.2, 0.25) is 0 Å². The van der Waals surface area contributed by atoms with Gasteiger partial charge in [0.2, 0.25) is 0 Å². The van der Waals surface area contributed by atoms with Crippen LogP contribution in [0.4, 0.5) is 0 Å². The van der Waals surface area contributed by atoms with Crippen molar-refractivity contribution in [3.63, 3.8) is 0 Å². The molecule has 0 aromatic rings. The molecule has 0 bridgehead atoms. The van der Waals surface area contributed by atoms with E-state index in [4.69, 9.17) is 4.74 Å². The van der Waals surface area contributed by atoms with Crippen molar-refractivity contribution >= 4 is 0 Å². The Morgan fingerprint density at radius 1 is 1.11 bits per heavy atom. The van der Waals surface area contributed by atoms with Gasteiger partial charge in [-0.1, -0.05) is 39.0 Å². The van der Waals surface area contributed by atoms with Crippen molar-refractivity contribution in [3.8, 4) is 0 Å². The molecule has 0 aliphatic carbocycles. The second kappa shape index (κ2) is 8.16. The number of rotatable bonds is 8. The topological polar surface area (TPSA) is 21.3 Å². The molecule has 1 N–H and O–H groups in total. The average molecular weight is 255 g/mol. The summed E-state index contributed by atoms with van der Waals surface area (Å²) in [5, 5.41) is 3.62. The van der Waals surface area contributed by atoms with E-state index in [1.807, 2.05) is 0 Å². The quantitative estimate of drug-likeness (QED) is 0.658. The van der Waals surface area contributed by atoms with Gasteiger partial charge in [0.1, 0.15) is 0 Å². The summed E-state index contributed by atoms with van der Waals surface area (Å²) in [6.45, 7) is 11.1. The maximum atomic E-state index is 5.90. The predicted molar refractivity (Wildman–Crippen MR) is 79.0 cm³/mol. The Labute approximate surface area is 114 Å². The molecule has 1 fully saturated rings. The van der Waals surface area contributed by atoms with E-state index in [2.05, 4.69) is 33.0 Å². The first-order chi connectivity index (χ1) is 8.53. The van der Waals surface area contributed by atoms with Gasteiger partial charge in [-0.05, 0) is 39.5 Å². The second-order valence-corrected chi connectivity index (χ2v) is 6.79. The van der Waals surface area contributed by atoms with Gasteiger partial charge in [-0.3, -0.25) is 0 Å². The van der Waals surface area contributed by atoms with Crippen LogP contribution < -0.4 is 5.32 Å². The van der Waals surface area contributed by atoms with Gasteiger partial charge in [0.05, 0.1) is 6.10 Å². The van der Waals surface area contributed by atoms with Gasteiger partial charge in [0.15, 0.2) is 0 Å². The van der Waals surface area contributed by atoms with Crippen LogP contribution in [-0.4, -0.2) is 24.8 Å². The van der Waals surface area contributed by atoms with Crippen LogP contribution in [0.25, 0.3) is 0 Å². The third-order valence-corrected chi connectivity index (χ3v) is 3.83. The van der Waals surface area contributed by atoms with Crippen molar-refractivity contribution < 1.29 is 4.74 Å². The molecular weight excluding hydrogens is 222 g/mol. The Morgan fingerprint density at radius 2 is 1.83 bits per heavy atom. The average Bonchev–Trinajstić information content (AvgIpc) is 2.73. The van der Waals surface area contributed by atoms with Crippen molar-refractivity contribution in [2.24, 2.45) is 5.92 Å². The van der Waals surface area contributed by atoms with E-state index < -0.39 is 0 Å². The van der Waals surface area contributed by atoms with Gasteiger partial charge in [0, 0.05) is 18.7 Å². The number of nitrogens with one attached hydrogen (secondary N) is 1. The van der Waals surface area contributed by atoms with Crippen LogP contribution in [0, 0.1) is 5.92 Å². The molecule has 2 heteroatoms. The zero-order valence-electron chi connectivity index (χ0n) is 12.9. The second-order valence-electron chi connectivity index (χ2n) is 6.79. The highest BCUT2D eigenvalue weighted by Crippen LogP contribution is 2.25. The highest BCUT2D eigenvalue weighted by atomic mass is 16.5. The number of unbranched alkanes of at least 4 members (excludes halogenated alkanes) is 4. The van der Waals surface area contributed by atoms with E-state index in [0.29, 0.717) is 6.10 Å². The summed E-state index contributed by atoms with van der Waals surface area (Å²) in [4.78, 5) is 0. The molecule has 0 saturated carbocycles. The van der Waals surface area contributed by atoms with Crippen molar-refractivity contribution in [1.29, 1.82) is 0 Å². The number of hydrogen-bond acceptors (Lipinski definition) is 2. The Balaban J connectivity index is 2.15. The number of hydrogen-bond donors (Lipinski definition) is 1. The first-order valence-electron chi connectivity index (χ1n) is 7.89. The third kappa shape index (κ3) is 6.75. The summed E-state index contributed by atoms with van der Waals surface area (Å²) < 4.78 is 5.90. The summed E-state index contributed by atoms with van der Waals surface area (Å²) in [5.41, 5.74) is 0.230. The van der Waals surface area contributed by atoms with Crippen molar-refractivity contribution in [2.75, 3.05) is 13.2 Å². The summed E-state index contributed by atoms with van der Waals surface area (Å²) >= 11 is 0. The fourth-order valence-electron chi connectivity index (χ4n) is 2.63. The monoisotopic (exact) mass is 255 g/mol. The molecule has 0 amide bonds. The van der Waals surface area contributed by atoms with Crippen molar-refractivity contribution in [1.82, 2.24) is 5.32 Å². The molecule has 18 heavy (non-hydrogen) atoms. The van der Waals surface area contributed by atoms with Crippen LogP contribution in [0.15, 0.2) is 0 Å². The van der Waals surface area contributed by atoms with E-state index >= 15 is 0 Å². The lowest BCUT2D eigenvalue weighted by molar-refractivity contribution is 0.0794. The minimum Gasteiger partial charge on any atom is -0.378 e. The van der Waals surface area contributed by atoms with Gasteiger partial charge >= 0.3 is 0 Å². The molecule has 2 nitrogen and oxygen atoms in total. The minimum atomic E-state index is 0.230. The molecule has 0 aromatic heterocycles. The Kier molecular flexibility index (Phi) is 7.25. The molecule has 1 aliphatic heterocycles. The van der Waals surface area contributed by atoms with Crippen LogP contribution in [0.1, 0.15) is 72.6 Å². The zero-order valence-corrected chi connectivity index (χ0v) is 12.9. The fraction of sp³-hybridized carbons (Fsp3) is 1.00. The molecular formula is C16H33NO. The molecule has 0 spiro atoms.